The van der Waals surface area contributed by atoms with E-state index >= 15 is 0 Å². The molecule has 0 unspecified atom stereocenters. The molecule has 1 heterocycles. The molecule has 4 nitrogen and oxygen atoms in total. The van der Waals surface area contributed by atoms with E-state index in [2.05, 4.69) is 46.5 Å². The maximum absolute atomic E-state index is 5.85. The van der Waals surface area contributed by atoms with Gasteiger partial charge in [0.1, 0.15) is 12.1 Å². The first-order valence-corrected chi connectivity index (χ1v) is 7.08. The predicted molar refractivity (Wildman–Crippen MR) is 87.1 cm³/mol. The number of aryl methyl sites for hydroxylation is 1. The molecular formula is C17H18N4. The molecule has 0 spiro atoms. The standard InChI is InChI=1S/C17H18N4/c1-2-12-3-5-13(6-4-12)10-19-17-15-9-14(18)7-8-16(15)20-11-21-17/h3-9,11H,2,10,18H2,1H3,(H,19,20,21). The Morgan fingerprint density at radius 3 is 2.52 bits per heavy atom. The molecule has 4 heteroatoms. The van der Waals surface area contributed by atoms with Crippen LogP contribution >= 0.6 is 0 Å². The van der Waals surface area contributed by atoms with E-state index in [-0.39, 0.29) is 0 Å². The maximum Gasteiger partial charge on any atom is 0.137 e. The Labute approximate surface area is 124 Å². The van der Waals surface area contributed by atoms with Crippen molar-refractivity contribution < 1.29 is 0 Å². The number of anilines is 2. The summed E-state index contributed by atoms with van der Waals surface area (Å²) in [6, 6.07) is 14.3. The first-order valence-electron chi connectivity index (χ1n) is 7.08. The molecule has 0 atom stereocenters. The van der Waals surface area contributed by atoms with E-state index in [1.807, 2.05) is 18.2 Å². The van der Waals surface area contributed by atoms with Crippen LogP contribution in [0.3, 0.4) is 0 Å². The Bertz CT molecular complexity index is 750. The van der Waals surface area contributed by atoms with Gasteiger partial charge in [0.15, 0.2) is 0 Å². The summed E-state index contributed by atoms with van der Waals surface area (Å²) >= 11 is 0. The van der Waals surface area contributed by atoms with Gasteiger partial charge >= 0.3 is 0 Å². The van der Waals surface area contributed by atoms with Crippen LogP contribution in [0, 0.1) is 0 Å². The van der Waals surface area contributed by atoms with Crippen molar-refractivity contribution in [2.45, 2.75) is 19.9 Å². The largest absolute Gasteiger partial charge is 0.399 e. The Morgan fingerprint density at radius 2 is 1.76 bits per heavy atom. The molecule has 0 bridgehead atoms. The van der Waals surface area contributed by atoms with Gasteiger partial charge in [-0.25, -0.2) is 9.97 Å². The van der Waals surface area contributed by atoms with E-state index in [0.717, 1.165) is 29.7 Å². The van der Waals surface area contributed by atoms with Crippen LogP contribution < -0.4 is 11.1 Å². The van der Waals surface area contributed by atoms with E-state index in [1.54, 1.807) is 6.33 Å². The number of nitrogen functional groups attached to an aromatic ring is 1. The fourth-order valence-electron chi connectivity index (χ4n) is 2.29. The van der Waals surface area contributed by atoms with Crippen molar-refractivity contribution in [3.05, 3.63) is 59.9 Å². The van der Waals surface area contributed by atoms with Crippen LogP contribution in [0.4, 0.5) is 11.5 Å². The van der Waals surface area contributed by atoms with Crippen LogP contribution in [0.5, 0.6) is 0 Å². The van der Waals surface area contributed by atoms with Crippen LogP contribution in [0.25, 0.3) is 10.9 Å². The minimum absolute atomic E-state index is 0.715. The number of hydrogen-bond donors (Lipinski definition) is 2. The smallest absolute Gasteiger partial charge is 0.137 e. The topological polar surface area (TPSA) is 63.8 Å². The first-order chi connectivity index (χ1) is 10.3. The lowest BCUT2D eigenvalue weighted by atomic mass is 10.1. The van der Waals surface area contributed by atoms with Crippen molar-refractivity contribution >= 4 is 22.4 Å². The molecule has 1 aromatic heterocycles. The van der Waals surface area contributed by atoms with Crippen molar-refractivity contribution in [2.75, 3.05) is 11.1 Å². The van der Waals surface area contributed by atoms with Gasteiger partial charge in [0, 0.05) is 17.6 Å². The number of nitrogens with two attached hydrogens (primary N) is 1. The van der Waals surface area contributed by atoms with E-state index in [4.69, 9.17) is 5.73 Å². The number of benzene rings is 2. The van der Waals surface area contributed by atoms with E-state index in [0.29, 0.717) is 5.69 Å². The van der Waals surface area contributed by atoms with Crippen LogP contribution in [0.1, 0.15) is 18.1 Å². The fourth-order valence-corrected chi connectivity index (χ4v) is 2.29. The number of aromatic nitrogens is 2. The molecule has 0 radical (unpaired) electrons. The van der Waals surface area contributed by atoms with Gasteiger partial charge in [-0.15, -0.1) is 0 Å². The van der Waals surface area contributed by atoms with Gasteiger partial charge in [0.05, 0.1) is 5.52 Å². The lowest BCUT2D eigenvalue weighted by molar-refractivity contribution is 1.08. The van der Waals surface area contributed by atoms with Crippen molar-refractivity contribution in [3.63, 3.8) is 0 Å². The summed E-state index contributed by atoms with van der Waals surface area (Å²) in [5.74, 6) is 0.812. The van der Waals surface area contributed by atoms with Crippen molar-refractivity contribution in [3.8, 4) is 0 Å². The second-order valence-electron chi connectivity index (χ2n) is 5.02. The number of nitrogens with zero attached hydrogens (tertiary/aromatic N) is 2. The highest BCUT2D eigenvalue weighted by atomic mass is 15.0. The van der Waals surface area contributed by atoms with E-state index in [1.165, 1.54) is 11.1 Å². The zero-order valence-corrected chi connectivity index (χ0v) is 12.0. The molecule has 3 rings (SSSR count). The molecule has 0 amide bonds. The van der Waals surface area contributed by atoms with Crippen LogP contribution in [0.15, 0.2) is 48.8 Å². The Balaban J connectivity index is 1.82. The molecule has 0 saturated heterocycles. The molecular weight excluding hydrogens is 260 g/mol. The third kappa shape index (κ3) is 2.94. The molecule has 2 aromatic carbocycles. The number of fused-ring (bicyclic) bond motifs is 1. The van der Waals surface area contributed by atoms with Crippen LogP contribution in [-0.4, -0.2) is 9.97 Å². The minimum Gasteiger partial charge on any atom is -0.399 e. The average molecular weight is 278 g/mol. The predicted octanol–water partition coefficient (Wildman–Crippen LogP) is 3.39. The number of rotatable bonds is 4. The van der Waals surface area contributed by atoms with Crippen molar-refractivity contribution in [2.24, 2.45) is 0 Å². The zero-order chi connectivity index (χ0) is 14.7. The molecule has 0 saturated carbocycles. The van der Waals surface area contributed by atoms with Gasteiger partial charge < -0.3 is 11.1 Å². The van der Waals surface area contributed by atoms with Gasteiger partial charge in [0.2, 0.25) is 0 Å². The fraction of sp³-hybridized carbons (Fsp3) is 0.176. The van der Waals surface area contributed by atoms with Gasteiger partial charge in [-0.2, -0.15) is 0 Å². The van der Waals surface area contributed by atoms with Gasteiger partial charge in [-0.1, -0.05) is 31.2 Å². The summed E-state index contributed by atoms with van der Waals surface area (Å²) in [5.41, 5.74) is 10.0. The molecule has 3 aromatic rings. The lowest BCUT2D eigenvalue weighted by Crippen LogP contribution is -2.03. The second kappa shape index (κ2) is 5.79. The van der Waals surface area contributed by atoms with Crippen molar-refractivity contribution in [1.82, 2.24) is 9.97 Å². The highest BCUT2D eigenvalue weighted by molar-refractivity contribution is 5.91. The molecule has 0 aliphatic heterocycles. The highest BCUT2D eigenvalue weighted by Gasteiger charge is 2.04. The normalized spacial score (nSPS) is 10.7. The number of hydrogen-bond acceptors (Lipinski definition) is 4. The van der Waals surface area contributed by atoms with Gasteiger partial charge in [-0.3, -0.25) is 0 Å². The van der Waals surface area contributed by atoms with E-state index < -0.39 is 0 Å². The lowest BCUT2D eigenvalue weighted by Gasteiger charge is -2.09. The quantitative estimate of drug-likeness (QED) is 0.718. The summed E-state index contributed by atoms with van der Waals surface area (Å²) < 4.78 is 0. The Hall–Kier alpha value is -2.62. The summed E-state index contributed by atoms with van der Waals surface area (Å²) in [6.07, 6.45) is 2.63. The summed E-state index contributed by atoms with van der Waals surface area (Å²) in [6.45, 7) is 2.88. The maximum atomic E-state index is 5.85. The summed E-state index contributed by atoms with van der Waals surface area (Å²) in [4.78, 5) is 8.57. The third-order valence-electron chi connectivity index (χ3n) is 3.55. The van der Waals surface area contributed by atoms with E-state index in [9.17, 15) is 0 Å². The van der Waals surface area contributed by atoms with Crippen LogP contribution in [0.2, 0.25) is 0 Å². The Kier molecular flexibility index (Phi) is 3.69. The first kappa shape index (κ1) is 13.4. The SMILES string of the molecule is CCc1ccc(CNc2ncnc3ccc(N)cc23)cc1. The van der Waals surface area contributed by atoms with Crippen LogP contribution in [-0.2, 0) is 13.0 Å². The third-order valence-corrected chi connectivity index (χ3v) is 3.55. The molecule has 0 aliphatic carbocycles. The summed E-state index contributed by atoms with van der Waals surface area (Å²) in [5, 5.41) is 4.31. The van der Waals surface area contributed by atoms with Crippen molar-refractivity contribution in [1.29, 1.82) is 0 Å². The Morgan fingerprint density at radius 1 is 1.00 bits per heavy atom. The second-order valence-corrected chi connectivity index (χ2v) is 5.02. The molecule has 106 valence electrons. The zero-order valence-electron chi connectivity index (χ0n) is 12.0. The van der Waals surface area contributed by atoms with Gasteiger partial charge in [-0.05, 0) is 35.7 Å². The van der Waals surface area contributed by atoms with Gasteiger partial charge in [0.25, 0.3) is 0 Å². The number of nitrogens with one attached hydrogen (secondary N) is 1. The molecule has 0 aliphatic rings. The molecule has 3 N–H and O–H groups in total. The average Bonchev–Trinajstić information content (AvgIpc) is 2.53. The summed E-state index contributed by atoms with van der Waals surface area (Å²) in [7, 11) is 0. The molecule has 0 fully saturated rings. The molecule has 21 heavy (non-hydrogen) atoms. The minimum atomic E-state index is 0.715. The highest BCUT2D eigenvalue weighted by Crippen LogP contribution is 2.22. The monoisotopic (exact) mass is 278 g/mol.